The van der Waals surface area contributed by atoms with Crippen LogP contribution in [0.15, 0.2) is 12.3 Å². The third kappa shape index (κ3) is 5.49. The lowest BCUT2D eigenvalue weighted by atomic mass is 10.1. The molecule has 0 aliphatic heterocycles. The van der Waals surface area contributed by atoms with Gasteiger partial charge in [-0.05, 0) is 26.8 Å². The molecule has 0 radical (unpaired) electrons. The summed E-state index contributed by atoms with van der Waals surface area (Å²) in [6.45, 7) is 7.35. The highest BCUT2D eigenvalue weighted by atomic mass is 16.1. The molecule has 5 nitrogen and oxygen atoms in total. The van der Waals surface area contributed by atoms with Gasteiger partial charge < -0.3 is 10.6 Å². The zero-order valence-electron chi connectivity index (χ0n) is 11.1. The van der Waals surface area contributed by atoms with Gasteiger partial charge in [0.15, 0.2) is 0 Å². The van der Waals surface area contributed by atoms with Crippen LogP contribution in [0.4, 0.5) is 0 Å². The van der Waals surface area contributed by atoms with Crippen molar-refractivity contribution in [3.8, 4) is 0 Å². The summed E-state index contributed by atoms with van der Waals surface area (Å²) >= 11 is 0. The molecule has 0 bridgehead atoms. The number of hydrogen-bond acceptors (Lipinski definition) is 3. The van der Waals surface area contributed by atoms with E-state index in [1.807, 2.05) is 38.6 Å². The second-order valence-corrected chi connectivity index (χ2v) is 5.17. The molecular weight excluding hydrogens is 216 g/mol. The van der Waals surface area contributed by atoms with Crippen molar-refractivity contribution in [2.24, 2.45) is 7.05 Å². The van der Waals surface area contributed by atoms with Gasteiger partial charge in [0.05, 0.1) is 5.69 Å². The van der Waals surface area contributed by atoms with Crippen molar-refractivity contribution >= 4 is 5.91 Å². The molecule has 0 unspecified atom stereocenters. The van der Waals surface area contributed by atoms with Gasteiger partial charge in [-0.3, -0.25) is 9.48 Å². The quantitative estimate of drug-likeness (QED) is 0.746. The third-order valence-corrected chi connectivity index (χ3v) is 2.27. The van der Waals surface area contributed by atoms with Gasteiger partial charge in [0.2, 0.25) is 5.91 Å². The van der Waals surface area contributed by atoms with Crippen molar-refractivity contribution in [1.82, 2.24) is 20.4 Å². The van der Waals surface area contributed by atoms with Crippen molar-refractivity contribution in [3.63, 3.8) is 0 Å². The van der Waals surface area contributed by atoms with Crippen LogP contribution in [0.3, 0.4) is 0 Å². The van der Waals surface area contributed by atoms with Crippen LogP contribution in [0.1, 0.15) is 32.9 Å². The molecule has 0 fully saturated rings. The molecule has 96 valence electrons. The summed E-state index contributed by atoms with van der Waals surface area (Å²) in [4.78, 5) is 11.5. The van der Waals surface area contributed by atoms with Crippen molar-refractivity contribution in [2.45, 2.75) is 39.3 Å². The average Bonchev–Trinajstić information content (AvgIpc) is 2.56. The van der Waals surface area contributed by atoms with E-state index in [0.29, 0.717) is 13.0 Å². The van der Waals surface area contributed by atoms with Gasteiger partial charge >= 0.3 is 0 Å². The van der Waals surface area contributed by atoms with E-state index in [2.05, 4.69) is 15.7 Å². The molecule has 1 aromatic heterocycles. The summed E-state index contributed by atoms with van der Waals surface area (Å²) < 4.78 is 1.82. The fourth-order valence-corrected chi connectivity index (χ4v) is 1.47. The molecule has 0 atom stereocenters. The lowest BCUT2D eigenvalue weighted by Crippen LogP contribution is -2.41. The number of amides is 1. The van der Waals surface area contributed by atoms with Gasteiger partial charge in [-0.15, -0.1) is 0 Å². The Morgan fingerprint density at radius 2 is 2.18 bits per heavy atom. The molecule has 1 rings (SSSR count). The number of nitrogens with one attached hydrogen (secondary N) is 2. The summed E-state index contributed by atoms with van der Waals surface area (Å²) in [5, 5.41) is 10.2. The van der Waals surface area contributed by atoms with E-state index in [1.165, 1.54) is 0 Å². The molecule has 1 heterocycles. The van der Waals surface area contributed by atoms with Crippen LogP contribution in [-0.4, -0.2) is 27.8 Å². The van der Waals surface area contributed by atoms with E-state index in [9.17, 15) is 4.79 Å². The lowest BCUT2D eigenvalue weighted by Gasteiger charge is -2.20. The fraction of sp³-hybridized carbons (Fsp3) is 0.667. The second-order valence-electron chi connectivity index (χ2n) is 5.17. The number of carbonyl (C=O) groups excluding carboxylic acids is 1. The molecule has 0 aliphatic rings. The van der Waals surface area contributed by atoms with Gasteiger partial charge in [0.25, 0.3) is 0 Å². The predicted molar refractivity (Wildman–Crippen MR) is 67.4 cm³/mol. The van der Waals surface area contributed by atoms with Crippen molar-refractivity contribution in [1.29, 1.82) is 0 Å². The maximum absolute atomic E-state index is 11.5. The SMILES string of the molecule is Cn1nccc1CNCCC(=O)NC(C)(C)C. The minimum absolute atomic E-state index is 0.0787. The van der Waals surface area contributed by atoms with Gasteiger partial charge in [0.1, 0.15) is 0 Å². The second kappa shape index (κ2) is 5.82. The number of rotatable bonds is 5. The Morgan fingerprint density at radius 1 is 1.47 bits per heavy atom. The Labute approximate surface area is 103 Å². The highest BCUT2D eigenvalue weighted by molar-refractivity contribution is 5.76. The van der Waals surface area contributed by atoms with Gasteiger partial charge in [-0.2, -0.15) is 5.10 Å². The Balaban J connectivity index is 2.17. The molecule has 5 heteroatoms. The summed E-state index contributed by atoms with van der Waals surface area (Å²) in [5.41, 5.74) is 0.959. The Hall–Kier alpha value is -1.36. The first-order chi connectivity index (χ1) is 7.88. The van der Waals surface area contributed by atoms with E-state index in [4.69, 9.17) is 0 Å². The monoisotopic (exact) mass is 238 g/mol. The summed E-state index contributed by atoms with van der Waals surface area (Å²) in [6.07, 6.45) is 2.26. The van der Waals surface area contributed by atoms with Crippen molar-refractivity contribution in [3.05, 3.63) is 18.0 Å². The largest absolute Gasteiger partial charge is 0.351 e. The first kappa shape index (κ1) is 13.7. The minimum atomic E-state index is -0.154. The smallest absolute Gasteiger partial charge is 0.221 e. The molecule has 0 saturated heterocycles. The maximum Gasteiger partial charge on any atom is 0.221 e. The molecule has 1 aromatic rings. The normalized spacial score (nSPS) is 11.5. The number of hydrogen-bond donors (Lipinski definition) is 2. The highest BCUT2D eigenvalue weighted by Crippen LogP contribution is 1.99. The van der Waals surface area contributed by atoms with Crippen molar-refractivity contribution < 1.29 is 4.79 Å². The minimum Gasteiger partial charge on any atom is -0.351 e. The topological polar surface area (TPSA) is 59.0 Å². The van der Waals surface area contributed by atoms with Crippen LogP contribution in [0.2, 0.25) is 0 Å². The van der Waals surface area contributed by atoms with Gasteiger partial charge in [0, 0.05) is 38.3 Å². The van der Waals surface area contributed by atoms with Crippen LogP contribution in [0.5, 0.6) is 0 Å². The van der Waals surface area contributed by atoms with Gasteiger partial charge in [-0.25, -0.2) is 0 Å². The van der Waals surface area contributed by atoms with E-state index in [-0.39, 0.29) is 11.4 Å². The van der Waals surface area contributed by atoms with Crippen molar-refractivity contribution in [2.75, 3.05) is 6.54 Å². The zero-order valence-corrected chi connectivity index (χ0v) is 11.1. The van der Waals surface area contributed by atoms with E-state index >= 15 is 0 Å². The number of aryl methyl sites for hydroxylation is 1. The highest BCUT2D eigenvalue weighted by Gasteiger charge is 2.12. The molecule has 0 aliphatic carbocycles. The molecule has 0 saturated carbocycles. The Morgan fingerprint density at radius 3 is 2.71 bits per heavy atom. The standard InChI is InChI=1S/C12H22N4O/c1-12(2,3)15-11(17)6-7-13-9-10-5-8-14-16(10)4/h5,8,13H,6-7,9H2,1-4H3,(H,15,17). The fourth-order valence-electron chi connectivity index (χ4n) is 1.47. The average molecular weight is 238 g/mol. The molecule has 0 spiro atoms. The third-order valence-electron chi connectivity index (χ3n) is 2.27. The lowest BCUT2D eigenvalue weighted by molar-refractivity contribution is -0.122. The van der Waals surface area contributed by atoms with Crippen LogP contribution in [-0.2, 0) is 18.4 Å². The van der Waals surface area contributed by atoms with Crippen LogP contribution >= 0.6 is 0 Å². The first-order valence-corrected chi connectivity index (χ1v) is 5.87. The van der Waals surface area contributed by atoms with E-state index in [0.717, 1.165) is 12.2 Å². The maximum atomic E-state index is 11.5. The summed E-state index contributed by atoms with van der Waals surface area (Å²) in [7, 11) is 1.91. The molecule has 2 N–H and O–H groups in total. The number of aromatic nitrogens is 2. The molecule has 1 amide bonds. The molecular formula is C12H22N4O. The Bertz CT molecular complexity index is 365. The number of nitrogens with zero attached hydrogens (tertiary/aromatic N) is 2. The zero-order chi connectivity index (χ0) is 12.9. The van der Waals surface area contributed by atoms with E-state index < -0.39 is 0 Å². The number of carbonyl (C=O) groups is 1. The van der Waals surface area contributed by atoms with Gasteiger partial charge in [-0.1, -0.05) is 0 Å². The predicted octanol–water partition coefficient (Wildman–Crippen LogP) is 0.814. The first-order valence-electron chi connectivity index (χ1n) is 5.87. The van der Waals surface area contributed by atoms with Crippen LogP contribution in [0.25, 0.3) is 0 Å². The van der Waals surface area contributed by atoms with Crippen LogP contribution in [0, 0.1) is 0 Å². The Kier molecular flexibility index (Phi) is 4.69. The van der Waals surface area contributed by atoms with E-state index in [1.54, 1.807) is 6.20 Å². The summed E-state index contributed by atoms with van der Waals surface area (Å²) in [6, 6.07) is 1.96. The molecule has 0 aromatic carbocycles. The van der Waals surface area contributed by atoms with Crippen LogP contribution < -0.4 is 10.6 Å². The summed E-state index contributed by atoms with van der Waals surface area (Å²) in [5.74, 6) is 0.0787. The molecule has 17 heavy (non-hydrogen) atoms.